The van der Waals surface area contributed by atoms with E-state index in [1.54, 1.807) is 24.1 Å². The van der Waals surface area contributed by atoms with Crippen molar-refractivity contribution < 1.29 is 13.2 Å². The largest absolute Gasteiger partial charge is 0.496 e. The molecule has 2 heterocycles. The molecule has 2 aromatic carbocycles. The predicted octanol–water partition coefficient (Wildman–Crippen LogP) is 4.15. The number of benzene rings is 2. The lowest BCUT2D eigenvalue weighted by Gasteiger charge is -2.10. The molecule has 0 saturated carbocycles. The lowest BCUT2D eigenvalue weighted by molar-refractivity contribution is 0.409. The maximum Gasteiger partial charge on any atom is 0.244 e. The Morgan fingerprint density at radius 1 is 1.03 bits per heavy atom. The number of nitrogens with one attached hydrogen (secondary N) is 1. The maximum absolute atomic E-state index is 13.2. The van der Waals surface area contributed by atoms with Gasteiger partial charge in [-0.2, -0.15) is 5.10 Å². The molecule has 0 aliphatic carbocycles. The number of hydrogen-bond donors (Lipinski definition) is 1. The highest BCUT2D eigenvalue weighted by molar-refractivity contribution is 7.89. The van der Waals surface area contributed by atoms with Crippen LogP contribution in [0.15, 0.2) is 83.2 Å². The molecular formula is C22H21N3O3S2. The molecule has 0 bridgehead atoms. The summed E-state index contributed by atoms with van der Waals surface area (Å²) in [6.07, 6.45) is 1.59. The monoisotopic (exact) mass is 439 g/mol. The number of sulfonamides is 1. The van der Waals surface area contributed by atoms with E-state index in [-0.39, 0.29) is 11.4 Å². The zero-order chi connectivity index (χ0) is 21.0. The molecule has 0 aliphatic rings. The van der Waals surface area contributed by atoms with E-state index in [1.165, 1.54) is 11.3 Å². The van der Waals surface area contributed by atoms with E-state index in [4.69, 9.17) is 4.74 Å². The molecule has 154 valence electrons. The minimum Gasteiger partial charge on any atom is -0.496 e. The topological polar surface area (TPSA) is 73.2 Å². The van der Waals surface area contributed by atoms with Crippen molar-refractivity contribution in [2.75, 3.05) is 7.11 Å². The van der Waals surface area contributed by atoms with Gasteiger partial charge in [-0.25, -0.2) is 13.1 Å². The number of aromatic nitrogens is 2. The average molecular weight is 440 g/mol. The highest BCUT2D eigenvalue weighted by Gasteiger charge is 2.24. The third kappa shape index (κ3) is 4.46. The van der Waals surface area contributed by atoms with Gasteiger partial charge in [0.25, 0.3) is 0 Å². The van der Waals surface area contributed by atoms with E-state index in [9.17, 15) is 8.42 Å². The van der Waals surface area contributed by atoms with Crippen molar-refractivity contribution in [2.45, 2.75) is 18.0 Å². The normalized spacial score (nSPS) is 11.5. The van der Waals surface area contributed by atoms with E-state index in [2.05, 4.69) is 9.82 Å². The van der Waals surface area contributed by atoms with Crippen LogP contribution in [0.2, 0.25) is 0 Å². The lowest BCUT2D eigenvalue weighted by Crippen LogP contribution is -2.23. The SMILES string of the molecule is COc1ccccc1CNS(=O)(=O)c1cn(Cc2ccccc2)nc1-c1cccs1. The Kier molecular flexibility index (Phi) is 5.98. The summed E-state index contributed by atoms with van der Waals surface area (Å²) in [4.78, 5) is 0.968. The lowest BCUT2D eigenvalue weighted by atomic mass is 10.2. The second kappa shape index (κ2) is 8.83. The molecule has 0 atom stereocenters. The third-order valence-corrected chi connectivity index (χ3v) is 6.88. The summed E-state index contributed by atoms with van der Waals surface area (Å²) in [7, 11) is -2.23. The molecule has 2 aromatic heterocycles. The van der Waals surface area contributed by atoms with Crippen LogP contribution in [0.1, 0.15) is 11.1 Å². The van der Waals surface area contributed by atoms with Gasteiger partial charge < -0.3 is 4.74 Å². The second-order valence-electron chi connectivity index (χ2n) is 6.64. The van der Waals surface area contributed by atoms with Crippen LogP contribution in [-0.2, 0) is 23.1 Å². The van der Waals surface area contributed by atoms with Crippen LogP contribution < -0.4 is 9.46 Å². The Bertz CT molecular complexity index is 1220. The molecule has 0 unspecified atom stereocenters. The molecule has 0 fully saturated rings. The van der Waals surface area contributed by atoms with Gasteiger partial charge in [0, 0.05) is 18.3 Å². The van der Waals surface area contributed by atoms with Crippen LogP contribution in [0.25, 0.3) is 10.6 Å². The van der Waals surface area contributed by atoms with E-state index < -0.39 is 10.0 Å². The highest BCUT2D eigenvalue weighted by Crippen LogP contribution is 2.30. The molecule has 6 nitrogen and oxygen atoms in total. The Balaban J connectivity index is 1.65. The van der Waals surface area contributed by atoms with Gasteiger partial charge in [-0.1, -0.05) is 54.6 Å². The maximum atomic E-state index is 13.2. The number of hydrogen-bond acceptors (Lipinski definition) is 5. The summed E-state index contributed by atoms with van der Waals surface area (Å²) in [5.41, 5.74) is 2.26. The van der Waals surface area contributed by atoms with Crippen LogP contribution in [0, 0.1) is 0 Å². The molecular weight excluding hydrogens is 418 g/mol. The van der Waals surface area contributed by atoms with Crippen molar-refractivity contribution >= 4 is 21.4 Å². The van der Waals surface area contributed by atoms with Crippen LogP contribution in [0.3, 0.4) is 0 Å². The van der Waals surface area contributed by atoms with E-state index in [1.807, 2.05) is 66.0 Å². The molecule has 0 aliphatic heterocycles. The molecule has 1 N–H and O–H groups in total. The summed E-state index contributed by atoms with van der Waals surface area (Å²) >= 11 is 1.46. The number of nitrogens with zero attached hydrogens (tertiary/aromatic N) is 2. The van der Waals surface area contributed by atoms with E-state index in [0.29, 0.717) is 18.0 Å². The molecule has 4 rings (SSSR count). The minimum atomic E-state index is -3.79. The van der Waals surface area contributed by atoms with Crippen molar-refractivity contribution in [3.8, 4) is 16.3 Å². The van der Waals surface area contributed by atoms with Crippen LogP contribution in [-0.4, -0.2) is 25.3 Å². The van der Waals surface area contributed by atoms with Crippen LogP contribution >= 0.6 is 11.3 Å². The molecule has 0 amide bonds. The minimum absolute atomic E-state index is 0.125. The van der Waals surface area contributed by atoms with Crippen molar-refractivity contribution in [2.24, 2.45) is 0 Å². The first kappa shape index (κ1) is 20.3. The number of thiophene rings is 1. The molecule has 30 heavy (non-hydrogen) atoms. The molecule has 0 spiro atoms. The van der Waals surface area contributed by atoms with Gasteiger partial charge in [0.2, 0.25) is 10.0 Å². The quantitative estimate of drug-likeness (QED) is 0.448. The van der Waals surface area contributed by atoms with Crippen LogP contribution in [0.5, 0.6) is 5.75 Å². The van der Waals surface area contributed by atoms with Crippen molar-refractivity contribution in [3.05, 3.63) is 89.4 Å². The fourth-order valence-corrected chi connectivity index (χ4v) is 5.09. The zero-order valence-corrected chi connectivity index (χ0v) is 18.0. The summed E-state index contributed by atoms with van der Waals surface area (Å²) in [5, 5.41) is 6.49. The molecule has 8 heteroatoms. The van der Waals surface area contributed by atoms with Crippen molar-refractivity contribution in [1.29, 1.82) is 0 Å². The molecule has 0 saturated heterocycles. The van der Waals surface area contributed by atoms with Gasteiger partial charge in [0.1, 0.15) is 16.3 Å². The van der Waals surface area contributed by atoms with Gasteiger partial charge in [-0.05, 0) is 23.1 Å². The van der Waals surface area contributed by atoms with E-state index in [0.717, 1.165) is 16.0 Å². The molecule has 0 radical (unpaired) electrons. The Morgan fingerprint density at radius 3 is 2.53 bits per heavy atom. The molecule has 4 aromatic rings. The predicted molar refractivity (Wildman–Crippen MR) is 118 cm³/mol. The summed E-state index contributed by atoms with van der Waals surface area (Å²) in [6.45, 7) is 0.612. The van der Waals surface area contributed by atoms with Gasteiger partial charge in [-0.3, -0.25) is 4.68 Å². The van der Waals surface area contributed by atoms with Crippen LogP contribution in [0.4, 0.5) is 0 Å². The smallest absolute Gasteiger partial charge is 0.244 e. The average Bonchev–Trinajstić information content (AvgIpc) is 3.43. The fourth-order valence-electron chi connectivity index (χ4n) is 3.13. The Morgan fingerprint density at radius 2 is 1.80 bits per heavy atom. The third-order valence-electron chi connectivity index (χ3n) is 4.60. The van der Waals surface area contributed by atoms with Gasteiger partial charge in [-0.15, -0.1) is 11.3 Å². The fraction of sp³-hybridized carbons (Fsp3) is 0.136. The first-order valence-corrected chi connectivity index (χ1v) is 11.7. The van der Waals surface area contributed by atoms with E-state index >= 15 is 0 Å². The van der Waals surface area contributed by atoms with Gasteiger partial charge >= 0.3 is 0 Å². The first-order chi connectivity index (χ1) is 14.6. The first-order valence-electron chi connectivity index (χ1n) is 9.33. The number of para-hydroxylation sites is 1. The highest BCUT2D eigenvalue weighted by atomic mass is 32.2. The van der Waals surface area contributed by atoms with Crippen molar-refractivity contribution in [3.63, 3.8) is 0 Å². The Labute approximate surface area is 179 Å². The zero-order valence-electron chi connectivity index (χ0n) is 16.4. The van der Waals surface area contributed by atoms with Crippen molar-refractivity contribution in [1.82, 2.24) is 14.5 Å². The van der Waals surface area contributed by atoms with Gasteiger partial charge in [0.05, 0.1) is 18.5 Å². The number of ether oxygens (including phenoxy) is 1. The summed E-state index contributed by atoms with van der Waals surface area (Å²) < 4.78 is 36.1. The summed E-state index contributed by atoms with van der Waals surface area (Å²) in [5.74, 6) is 0.637. The number of rotatable bonds is 8. The summed E-state index contributed by atoms with van der Waals surface area (Å²) in [6, 6.07) is 20.9. The Hall–Kier alpha value is -2.94. The second-order valence-corrected chi connectivity index (χ2v) is 9.32. The van der Waals surface area contributed by atoms with Gasteiger partial charge in [0.15, 0.2) is 0 Å². The number of methoxy groups -OCH3 is 1. The standard InChI is InChI=1S/C22H21N3O3S2/c1-28-19-11-6-5-10-18(19)14-23-30(26,27)21-16-25(15-17-8-3-2-4-9-17)24-22(21)20-12-7-13-29-20/h2-13,16,23H,14-15H2,1H3.